The fraction of sp³-hybridized carbons (Fsp3) is 0.385. The summed E-state index contributed by atoms with van der Waals surface area (Å²) in [6.45, 7) is 1.88. The number of carboxylic acids is 1. The van der Waals surface area contributed by atoms with Crippen molar-refractivity contribution in [1.82, 2.24) is 25.1 Å². The zero-order valence-corrected chi connectivity index (χ0v) is 10.9. The monoisotopic (exact) mass is 273 g/mol. The van der Waals surface area contributed by atoms with Crippen LogP contribution in [0.4, 0.5) is 0 Å². The number of tetrazole rings is 1. The molecule has 0 spiro atoms. The third-order valence-electron chi connectivity index (χ3n) is 3.52. The van der Waals surface area contributed by atoms with E-state index < -0.39 is 5.97 Å². The van der Waals surface area contributed by atoms with Gasteiger partial charge >= 0.3 is 5.97 Å². The van der Waals surface area contributed by atoms with Gasteiger partial charge in [-0.15, -0.1) is 5.10 Å². The molecule has 0 amide bonds. The number of carboxylic acid groups (broad SMARTS) is 1. The van der Waals surface area contributed by atoms with Crippen LogP contribution >= 0.6 is 0 Å². The van der Waals surface area contributed by atoms with Crippen LogP contribution in [0.5, 0.6) is 0 Å². The van der Waals surface area contributed by atoms with E-state index in [0.29, 0.717) is 19.5 Å². The second-order valence-corrected chi connectivity index (χ2v) is 4.90. The molecule has 20 heavy (non-hydrogen) atoms. The van der Waals surface area contributed by atoms with E-state index in [1.165, 1.54) is 0 Å². The van der Waals surface area contributed by atoms with Gasteiger partial charge in [0, 0.05) is 6.54 Å². The quantitative estimate of drug-likeness (QED) is 0.876. The van der Waals surface area contributed by atoms with Gasteiger partial charge in [0.15, 0.2) is 5.82 Å². The van der Waals surface area contributed by atoms with Crippen LogP contribution in [-0.2, 0) is 11.3 Å². The summed E-state index contributed by atoms with van der Waals surface area (Å²) >= 11 is 0. The molecule has 3 rings (SSSR count). The van der Waals surface area contributed by atoms with Crippen molar-refractivity contribution in [2.24, 2.45) is 5.92 Å². The lowest BCUT2D eigenvalue weighted by molar-refractivity contribution is -0.141. The number of likely N-dealkylation sites (tertiary alicyclic amines) is 1. The molecular weight excluding hydrogens is 258 g/mol. The molecule has 104 valence electrons. The van der Waals surface area contributed by atoms with Gasteiger partial charge in [0.05, 0.1) is 18.2 Å². The molecule has 1 saturated heterocycles. The molecule has 1 aliphatic rings. The average Bonchev–Trinajstić information content (AvgIpc) is 3.09. The van der Waals surface area contributed by atoms with Gasteiger partial charge < -0.3 is 5.11 Å². The number of hydrogen-bond acceptors (Lipinski definition) is 5. The van der Waals surface area contributed by atoms with Crippen molar-refractivity contribution >= 4 is 5.97 Å². The van der Waals surface area contributed by atoms with Crippen LogP contribution in [0.15, 0.2) is 30.3 Å². The second kappa shape index (κ2) is 5.38. The summed E-state index contributed by atoms with van der Waals surface area (Å²) in [6.07, 6.45) is 0.683. The van der Waals surface area contributed by atoms with Gasteiger partial charge in [0.25, 0.3) is 0 Å². The van der Waals surface area contributed by atoms with Gasteiger partial charge in [-0.3, -0.25) is 9.69 Å². The van der Waals surface area contributed by atoms with Gasteiger partial charge in [-0.05, 0) is 35.5 Å². The van der Waals surface area contributed by atoms with E-state index in [4.69, 9.17) is 5.11 Å². The van der Waals surface area contributed by atoms with Crippen LogP contribution in [0, 0.1) is 5.92 Å². The Morgan fingerprint density at radius 1 is 1.35 bits per heavy atom. The zero-order valence-electron chi connectivity index (χ0n) is 10.9. The molecule has 1 fully saturated rings. The minimum absolute atomic E-state index is 0.281. The molecule has 1 aromatic heterocycles. The van der Waals surface area contributed by atoms with Gasteiger partial charge in [-0.2, -0.15) is 4.68 Å². The average molecular weight is 273 g/mol. The fourth-order valence-corrected chi connectivity index (χ4v) is 2.45. The summed E-state index contributed by atoms with van der Waals surface area (Å²) in [6, 6.07) is 9.66. The van der Waals surface area contributed by atoms with Crippen molar-refractivity contribution in [2.75, 3.05) is 13.1 Å². The molecule has 0 radical (unpaired) electrons. The molecule has 7 heteroatoms. The largest absolute Gasteiger partial charge is 0.481 e. The molecular formula is C13H15N5O2. The minimum Gasteiger partial charge on any atom is -0.481 e. The van der Waals surface area contributed by atoms with Crippen molar-refractivity contribution in [1.29, 1.82) is 0 Å². The highest BCUT2D eigenvalue weighted by molar-refractivity contribution is 5.70. The van der Waals surface area contributed by atoms with Gasteiger partial charge in [-0.1, -0.05) is 18.2 Å². The summed E-state index contributed by atoms with van der Waals surface area (Å²) in [5.41, 5.74) is 0.904. The van der Waals surface area contributed by atoms with Crippen LogP contribution in [0.3, 0.4) is 0 Å². The first-order chi connectivity index (χ1) is 9.74. The molecule has 0 aliphatic carbocycles. The second-order valence-electron chi connectivity index (χ2n) is 4.90. The number of carbonyl (C=O) groups is 1. The van der Waals surface area contributed by atoms with E-state index >= 15 is 0 Å². The molecule has 1 N–H and O–H groups in total. The Bertz CT molecular complexity index is 598. The lowest BCUT2D eigenvalue weighted by atomic mass is 10.1. The highest BCUT2D eigenvalue weighted by atomic mass is 16.4. The van der Waals surface area contributed by atoms with Gasteiger partial charge in [0.2, 0.25) is 0 Å². The molecule has 1 atom stereocenters. The Kier molecular flexibility index (Phi) is 3.42. The van der Waals surface area contributed by atoms with Crippen LogP contribution in [0.1, 0.15) is 12.2 Å². The first kappa shape index (κ1) is 12.7. The number of para-hydroxylation sites is 1. The maximum absolute atomic E-state index is 11.0. The van der Waals surface area contributed by atoms with E-state index in [1.54, 1.807) is 4.68 Å². The molecule has 1 unspecified atom stereocenters. The molecule has 0 saturated carbocycles. The van der Waals surface area contributed by atoms with Crippen molar-refractivity contribution < 1.29 is 9.90 Å². The fourth-order valence-electron chi connectivity index (χ4n) is 2.45. The first-order valence-electron chi connectivity index (χ1n) is 6.52. The smallest absolute Gasteiger partial charge is 0.307 e. The Morgan fingerprint density at radius 2 is 2.15 bits per heavy atom. The SMILES string of the molecule is O=C(O)C1CCN(Cc2nnnn2-c2ccccc2)C1. The highest BCUT2D eigenvalue weighted by Crippen LogP contribution is 2.18. The number of hydrogen-bond donors (Lipinski definition) is 1. The molecule has 2 heterocycles. The third kappa shape index (κ3) is 2.53. The molecule has 2 aromatic rings. The van der Waals surface area contributed by atoms with Crippen molar-refractivity contribution in [2.45, 2.75) is 13.0 Å². The number of benzene rings is 1. The Labute approximate surface area is 115 Å². The van der Waals surface area contributed by atoms with E-state index in [9.17, 15) is 4.79 Å². The van der Waals surface area contributed by atoms with E-state index in [-0.39, 0.29) is 5.92 Å². The molecule has 1 aromatic carbocycles. The maximum Gasteiger partial charge on any atom is 0.307 e. The Morgan fingerprint density at radius 3 is 2.85 bits per heavy atom. The molecule has 0 bridgehead atoms. The van der Waals surface area contributed by atoms with Crippen LogP contribution in [-0.4, -0.2) is 49.3 Å². The first-order valence-corrected chi connectivity index (χ1v) is 6.52. The topological polar surface area (TPSA) is 84.1 Å². The van der Waals surface area contributed by atoms with Gasteiger partial charge in [0.1, 0.15) is 0 Å². The van der Waals surface area contributed by atoms with Crippen LogP contribution in [0.25, 0.3) is 5.69 Å². The Hall–Kier alpha value is -2.28. The van der Waals surface area contributed by atoms with Crippen LogP contribution in [0.2, 0.25) is 0 Å². The summed E-state index contributed by atoms with van der Waals surface area (Å²) in [5, 5.41) is 20.8. The van der Waals surface area contributed by atoms with Crippen molar-refractivity contribution in [3.8, 4) is 5.69 Å². The normalized spacial score (nSPS) is 19.3. The van der Waals surface area contributed by atoms with Crippen molar-refractivity contribution in [3.63, 3.8) is 0 Å². The highest BCUT2D eigenvalue weighted by Gasteiger charge is 2.28. The Balaban J connectivity index is 1.74. The molecule has 1 aliphatic heterocycles. The predicted octanol–water partition coefficient (Wildman–Crippen LogP) is 0.569. The number of aliphatic carboxylic acids is 1. The summed E-state index contributed by atoms with van der Waals surface area (Å²) < 4.78 is 1.69. The zero-order chi connectivity index (χ0) is 13.9. The standard InChI is InChI=1S/C13H15N5O2/c19-13(20)10-6-7-17(8-10)9-12-14-15-16-18(12)11-4-2-1-3-5-11/h1-5,10H,6-9H2,(H,19,20). The minimum atomic E-state index is -0.727. The number of aromatic nitrogens is 4. The predicted molar refractivity (Wildman–Crippen MR) is 70.2 cm³/mol. The van der Waals surface area contributed by atoms with E-state index in [0.717, 1.165) is 18.1 Å². The summed E-state index contributed by atoms with van der Waals surface area (Å²) in [5.74, 6) is -0.284. The van der Waals surface area contributed by atoms with E-state index in [2.05, 4.69) is 20.4 Å². The van der Waals surface area contributed by atoms with Crippen LogP contribution < -0.4 is 0 Å². The van der Waals surface area contributed by atoms with Gasteiger partial charge in [-0.25, -0.2) is 0 Å². The number of rotatable bonds is 4. The lowest BCUT2D eigenvalue weighted by Crippen LogP contribution is -2.24. The summed E-state index contributed by atoms with van der Waals surface area (Å²) in [7, 11) is 0. The van der Waals surface area contributed by atoms with E-state index in [1.807, 2.05) is 30.3 Å². The van der Waals surface area contributed by atoms with Crippen molar-refractivity contribution in [3.05, 3.63) is 36.2 Å². The molecule has 7 nitrogen and oxygen atoms in total. The number of nitrogens with zero attached hydrogens (tertiary/aromatic N) is 5. The maximum atomic E-state index is 11.0. The summed E-state index contributed by atoms with van der Waals surface area (Å²) in [4.78, 5) is 13.0. The third-order valence-corrected chi connectivity index (χ3v) is 3.52. The lowest BCUT2D eigenvalue weighted by Gasteiger charge is -2.14.